The van der Waals surface area contributed by atoms with Gasteiger partial charge in [0.05, 0.1) is 10.7 Å². The number of hydrogen-bond acceptors (Lipinski definition) is 2. The van der Waals surface area contributed by atoms with Gasteiger partial charge in [0, 0.05) is 18.4 Å². The van der Waals surface area contributed by atoms with E-state index in [1.54, 1.807) is 48.5 Å². The van der Waals surface area contributed by atoms with Crippen molar-refractivity contribution >= 4 is 29.0 Å². The van der Waals surface area contributed by atoms with E-state index < -0.39 is 0 Å². The summed E-state index contributed by atoms with van der Waals surface area (Å²) in [5.74, 6) is -0.262. The zero-order valence-corrected chi connectivity index (χ0v) is 11.6. The number of nitrogens with one attached hydrogen (secondary N) is 1. The van der Waals surface area contributed by atoms with Crippen molar-refractivity contribution in [1.82, 2.24) is 0 Å². The molecule has 0 atom stereocenters. The Morgan fingerprint density at radius 1 is 0.900 bits per heavy atom. The molecule has 2 aromatic carbocycles. The van der Waals surface area contributed by atoms with Crippen LogP contribution in [0.2, 0.25) is 5.02 Å². The molecule has 0 fully saturated rings. The Morgan fingerprint density at radius 3 is 2.25 bits per heavy atom. The molecule has 0 spiro atoms. The molecule has 102 valence electrons. The Balaban J connectivity index is 1.87. The molecule has 0 heterocycles. The molecule has 0 saturated heterocycles. The van der Waals surface area contributed by atoms with Crippen LogP contribution >= 0.6 is 11.6 Å². The molecule has 0 unspecified atom stereocenters. The van der Waals surface area contributed by atoms with Crippen molar-refractivity contribution in [2.45, 2.75) is 12.8 Å². The van der Waals surface area contributed by atoms with Crippen molar-refractivity contribution in [3.8, 4) is 0 Å². The van der Waals surface area contributed by atoms with Crippen LogP contribution in [0.25, 0.3) is 0 Å². The van der Waals surface area contributed by atoms with Crippen LogP contribution in [0.1, 0.15) is 23.2 Å². The van der Waals surface area contributed by atoms with Crippen LogP contribution < -0.4 is 5.32 Å². The van der Waals surface area contributed by atoms with Gasteiger partial charge in [-0.2, -0.15) is 0 Å². The number of benzene rings is 2. The summed E-state index contributed by atoms with van der Waals surface area (Å²) in [6, 6.07) is 15.9. The standard InChI is InChI=1S/C16H14ClNO2/c17-13-8-4-5-9-14(13)18-16(20)11-10-15(19)12-6-2-1-3-7-12/h1-9H,10-11H2,(H,18,20). The summed E-state index contributed by atoms with van der Waals surface area (Å²) in [6.07, 6.45) is 0.319. The smallest absolute Gasteiger partial charge is 0.224 e. The molecule has 20 heavy (non-hydrogen) atoms. The van der Waals surface area contributed by atoms with Gasteiger partial charge in [-0.25, -0.2) is 0 Å². The molecule has 1 amide bonds. The van der Waals surface area contributed by atoms with Gasteiger partial charge in [0.25, 0.3) is 0 Å². The van der Waals surface area contributed by atoms with E-state index in [2.05, 4.69) is 5.32 Å². The topological polar surface area (TPSA) is 46.2 Å². The lowest BCUT2D eigenvalue weighted by Crippen LogP contribution is -2.13. The molecule has 3 nitrogen and oxygen atoms in total. The summed E-state index contributed by atoms with van der Waals surface area (Å²) in [6.45, 7) is 0. The average molecular weight is 288 g/mol. The number of ketones is 1. The van der Waals surface area contributed by atoms with Crippen LogP contribution in [0, 0.1) is 0 Å². The first-order chi connectivity index (χ1) is 9.66. The normalized spacial score (nSPS) is 10.1. The van der Waals surface area contributed by atoms with Gasteiger partial charge in [-0.05, 0) is 12.1 Å². The number of amides is 1. The number of rotatable bonds is 5. The number of para-hydroxylation sites is 1. The second-order valence-corrected chi connectivity index (χ2v) is 4.72. The van der Waals surface area contributed by atoms with E-state index in [0.29, 0.717) is 16.3 Å². The third-order valence-electron chi connectivity index (χ3n) is 2.82. The van der Waals surface area contributed by atoms with Crippen molar-refractivity contribution in [3.05, 3.63) is 65.2 Å². The first kappa shape index (κ1) is 14.3. The van der Waals surface area contributed by atoms with Gasteiger partial charge < -0.3 is 5.32 Å². The largest absolute Gasteiger partial charge is 0.325 e. The molecule has 0 bridgehead atoms. The maximum absolute atomic E-state index is 11.9. The van der Waals surface area contributed by atoms with Crippen molar-refractivity contribution in [2.24, 2.45) is 0 Å². The molecule has 0 aliphatic heterocycles. The molecule has 0 aliphatic rings. The van der Waals surface area contributed by atoms with Crippen LogP contribution in [0.4, 0.5) is 5.69 Å². The fourth-order valence-electron chi connectivity index (χ4n) is 1.77. The zero-order chi connectivity index (χ0) is 14.4. The van der Waals surface area contributed by atoms with Gasteiger partial charge in [0.15, 0.2) is 5.78 Å². The lowest BCUT2D eigenvalue weighted by molar-refractivity contribution is -0.116. The fraction of sp³-hybridized carbons (Fsp3) is 0.125. The second-order valence-electron chi connectivity index (χ2n) is 4.32. The van der Waals surface area contributed by atoms with Crippen LogP contribution in [0.15, 0.2) is 54.6 Å². The van der Waals surface area contributed by atoms with Crippen LogP contribution in [-0.4, -0.2) is 11.7 Å². The van der Waals surface area contributed by atoms with E-state index >= 15 is 0 Å². The van der Waals surface area contributed by atoms with Gasteiger partial charge >= 0.3 is 0 Å². The van der Waals surface area contributed by atoms with Gasteiger partial charge in [0.1, 0.15) is 0 Å². The molecule has 2 rings (SSSR count). The Kier molecular flexibility index (Phi) is 4.91. The van der Waals surface area contributed by atoms with Crippen LogP contribution in [-0.2, 0) is 4.79 Å². The highest BCUT2D eigenvalue weighted by Gasteiger charge is 2.10. The number of anilines is 1. The van der Waals surface area contributed by atoms with Crippen LogP contribution in [0.3, 0.4) is 0 Å². The van der Waals surface area contributed by atoms with Crippen molar-refractivity contribution in [3.63, 3.8) is 0 Å². The van der Waals surface area contributed by atoms with E-state index in [1.165, 1.54) is 0 Å². The molecule has 0 aliphatic carbocycles. The van der Waals surface area contributed by atoms with Gasteiger partial charge in [-0.15, -0.1) is 0 Å². The summed E-state index contributed by atoms with van der Waals surface area (Å²) in [5, 5.41) is 3.18. The minimum Gasteiger partial charge on any atom is -0.325 e. The summed E-state index contributed by atoms with van der Waals surface area (Å²) < 4.78 is 0. The molecule has 0 aromatic heterocycles. The Hall–Kier alpha value is -2.13. The number of carbonyl (C=O) groups is 2. The summed E-state index contributed by atoms with van der Waals surface area (Å²) >= 11 is 5.95. The number of halogens is 1. The highest BCUT2D eigenvalue weighted by molar-refractivity contribution is 6.33. The van der Waals surface area contributed by atoms with E-state index in [9.17, 15) is 9.59 Å². The summed E-state index contributed by atoms with van der Waals surface area (Å²) in [5.41, 5.74) is 1.18. The Labute approximate surface area is 122 Å². The number of Topliss-reactive ketones (excluding diaryl/α,β-unsaturated/α-hetero) is 1. The molecule has 2 aromatic rings. The van der Waals surface area contributed by atoms with E-state index in [1.807, 2.05) is 6.07 Å². The third-order valence-corrected chi connectivity index (χ3v) is 3.15. The summed E-state index contributed by atoms with van der Waals surface area (Å²) in [4.78, 5) is 23.6. The first-order valence-corrected chi connectivity index (χ1v) is 6.67. The van der Waals surface area contributed by atoms with Crippen molar-refractivity contribution in [1.29, 1.82) is 0 Å². The average Bonchev–Trinajstić information content (AvgIpc) is 2.48. The van der Waals surface area contributed by atoms with Crippen LogP contribution in [0.5, 0.6) is 0 Å². The van der Waals surface area contributed by atoms with Crippen molar-refractivity contribution < 1.29 is 9.59 Å². The minimum absolute atomic E-state index is 0.0418. The predicted octanol–water partition coefficient (Wildman–Crippen LogP) is 3.94. The second kappa shape index (κ2) is 6.87. The monoisotopic (exact) mass is 287 g/mol. The first-order valence-electron chi connectivity index (χ1n) is 6.29. The van der Waals surface area contributed by atoms with Gasteiger partial charge in [0.2, 0.25) is 5.91 Å². The predicted molar refractivity (Wildman–Crippen MR) is 80.1 cm³/mol. The van der Waals surface area contributed by atoms with E-state index in [0.717, 1.165) is 0 Å². The molecular formula is C16H14ClNO2. The van der Waals surface area contributed by atoms with E-state index in [4.69, 9.17) is 11.6 Å². The highest BCUT2D eigenvalue weighted by atomic mass is 35.5. The molecule has 0 saturated carbocycles. The third kappa shape index (κ3) is 3.93. The molecule has 0 radical (unpaired) electrons. The SMILES string of the molecule is O=C(CCC(=O)c1ccccc1)Nc1ccccc1Cl. The lowest BCUT2D eigenvalue weighted by Gasteiger charge is -2.06. The highest BCUT2D eigenvalue weighted by Crippen LogP contribution is 2.20. The van der Waals surface area contributed by atoms with Gasteiger partial charge in [-0.3, -0.25) is 9.59 Å². The lowest BCUT2D eigenvalue weighted by atomic mass is 10.1. The molecular weight excluding hydrogens is 274 g/mol. The Morgan fingerprint density at radius 2 is 1.55 bits per heavy atom. The quantitative estimate of drug-likeness (QED) is 0.847. The minimum atomic E-state index is -0.220. The maximum Gasteiger partial charge on any atom is 0.224 e. The van der Waals surface area contributed by atoms with E-state index in [-0.39, 0.29) is 24.5 Å². The van der Waals surface area contributed by atoms with Gasteiger partial charge in [-0.1, -0.05) is 54.1 Å². The Bertz CT molecular complexity index is 611. The maximum atomic E-state index is 11.9. The molecule has 1 N–H and O–H groups in total. The zero-order valence-electron chi connectivity index (χ0n) is 10.8. The number of hydrogen-bond donors (Lipinski definition) is 1. The summed E-state index contributed by atoms with van der Waals surface area (Å²) in [7, 11) is 0. The van der Waals surface area contributed by atoms with Crippen molar-refractivity contribution in [2.75, 3.05) is 5.32 Å². The molecule has 4 heteroatoms. The number of carbonyl (C=O) groups excluding carboxylic acids is 2. The fourth-order valence-corrected chi connectivity index (χ4v) is 1.95.